The van der Waals surface area contributed by atoms with Crippen LogP contribution in [0.5, 0.6) is 11.5 Å². The van der Waals surface area contributed by atoms with Gasteiger partial charge in [-0.3, -0.25) is 9.10 Å². The van der Waals surface area contributed by atoms with Crippen LogP contribution in [-0.2, 0) is 21.2 Å². The van der Waals surface area contributed by atoms with Gasteiger partial charge in [0, 0.05) is 23.4 Å². The molecule has 0 radical (unpaired) electrons. The van der Waals surface area contributed by atoms with Gasteiger partial charge >= 0.3 is 0 Å². The minimum Gasteiger partial charge on any atom is -0.457 e. The maximum Gasteiger partial charge on any atom is 0.236 e. The van der Waals surface area contributed by atoms with Crippen molar-refractivity contribution >= 4 is 27.3 Å². The number of anilines is 2. The lowest BCUT2D eigenvalue weighted by molar-refractivity contribution is -0.116. The molecule has 0 bridgehead atoms. The normalized spacial score (nSPS) is 15.1. The number of benzene rings is 3. The van der Waals surface area contributed by atoms with E-state index in [4.69, 9.17) is 4.74 Å². The van der Waals surface area contributed by atoms with Crippen LogP contribution in [0, 0.1) is 0 Å². The molecule has 0 spiro atoms. The molecule has 33 heavy (non-hydrogen) atoms. The van der Waals surface area contributed by atoms with Crippen LogP contribution in [0.1, 0.15) is 42.4 Å². The van der Waals surface area contributed by atoms with Crippen molar-refractivity contribution in [2.45, 2.75) is 32.1 Å². The van der Waals surface area contributed by atoms with Gasteiger partial charge in [-0.2, -0.15) is 0 Å². The summed E-state index contributed by atoms with van der Waals surface area (Å²) in [5, 5.41) is 3.06. The standard InChI is InChI=1S/C26H26N2O4S/c1-2-16-33(30,31)28-15-7-8-18-17-19(13-14-22(18)28)27-26(29)25-20-9-3-5-11-23(20)32-24-12-6-4-10-21(24)25/h3-6,9-14,17,25H,2,7-8,15-16H2,1H3,(H,27,29). The Morgan fingerprint density at radius 1 is 1.03 bits per heavy atom. The molecule has 2 aliphatic rings. The van der Waals surface area contributed by atoms with E-state index < -0.39 is 15.9 Å². The summed E-state index contributed by atoms with van der Waals surface area (Å²) >= 11 is 0. The van der Waals surface area contributed by atoms with E-state index in [0.29, 0.717) is 30.2 Å². The Kier molecular flexibility index (Phi) is 5.58. The quantitative estimate of drug-likeness (QED) is 0.575. The first kappa shape index (κ1) is 21.5. The highest BCUT2D eigenvalue weighted by Gasteiger charge is 2.33. The van der Waals surface area contributed by atoms with Crippen LogP contribution < -0.4 is 14.4 Å². The maximum absolute atomic E-state index is 13.5. The average molecular weight is 463 g/mol. The molecule has 0 saturated carbocycles. The minimum atomic E-state index is -3.33. The summed E-state index contributed by atoms with van der Waals surface area (Å²) in [4.78, 5) is 13.5. The third-order valence-electron chi connectivity index (χ3n) is 6.16. The van der Waals surface area contributed by atoms with E-state index in [0.717, 1.165) is 35.2 Å². The third kappa shape index (κ3) is 3.97. The highest BCUT2D eigenvalue weighted by Crippen LogP contribution is 2.44. The molecule has 3 aromatic carbocycles. The van der Waals surface area contributed by atoms with Crippen molar-refractivity contribution in [1.29, 1.82) is 0 Å². The second kappa shape index (κ2) is 8.56. The van der Waals surface area contributed by atoms with Crippen LogP contribution in [0.4, 0.5) is 11.4 Å². The predicted octanol–water partition coefficient (Wildman–Crippen LogP) is 5.06. The predicted molar refractivity (Wildman–Crippen MR) is 130 cm³/mol. The number of ether oxygens (including phenoxy) is 1. The number of nitrogens with one attached hydrogen (secondary N) is 1. The number of carbonyl (C=O) groups is 1. The number of hydrogen-bond donors (Lipinski definition) is 1. The smallest absolute Gasteiger partial charge is 0.236 e. The third-order valence-corrected chi connectivity index (χ3v) is 8.14. The molecular weight excluding hydrogens is 436 g/mol. The zero-order valence-corrected chi connectivity index (χ0v) is 19.3. The lowest BCUT2D eigenvalue weighted by atomic mass is 9.87. The Balaban J connectivity index is 1.45. The van der Waals surface area contributed by atoms with E-state index >= 15 is 0 Å². The van der Waals surface area contributed by atoms with Gasteiger partial charge in [0.2, 0.25) is 15.9 Å². The van der Waals surface area contributed by atoms with E-state index in [1.54, 1.807) is 6.07 Å². The summed E-state index contributed by atoms with van der Waals surface area (Å²) in [6.45, 7) is 2.37. The van der Waals surface area contributed by atoms with E-state index in [-0.39, 0.29) is 11.7 Å². The summed E-state index contributed by atoms with van der Waals surface area (Å²) in [6, 6.07) is 20.7. The lowest BCUT2D eigenvalue weighted by Crippen LogP contribution is -2.37. The summed E-state index contributed by atoms with van der Waals surface area (Å²) < 4.78 is 32.9. The summed E-state index contributed by atoms with van der Waals surface area (Å²) in [5.41, 5.74) is 3.96. The van der Waals surface area contributed by atoms with Crippen molar-refractivity contribution in [2.75, 3.05) is 21.9 Å². The van der Waals surface area contributed by atoms with Crippen molar-refractivity contribution in [3.8, 4) is 11.5 Å². The summed E-state index contributed by atoms with van der Waals surface area (Å²) in [5.74, 6) is 0.846. The molecule has 2 aliphatic heterocycles. The molecule has 6 nitrogen and oxygen atoms in total. The molecule has 0 atom stereocenters. The van der Waals surface area contributed by atoms with Gasteiger partial charge in [-0.1, -0.05) is 43.3 Å². The van der Waals surface area contributed by atoms with Crippen LogP contribution in [0.15, 0.2) is 66.7 Å². The van der Waals surface area contributed by atoms with Crippen molar-refractivity contribution in [1.82, 2.24) is 0 Å². The van der Waals surface area contributed by atoms with E-state index in [1.807, 2.05) is 67.6 Å². The lowest BCUT2D eigenvalue weighted by Gasteiger charge is -2.31. The molecule has 0 aromatic heterocycles. The molecule has 0 fully saturated rings. The second-order valence-corrected chi connectivity index (χ2v) is 10.4. The molecule has 7 heteroatoms. The van der Waals surface area contributed by atoms with Gasteiger partial charge in [0.05, 0.1) is 17.4 Å². The monoisotopic (exact) mass is 462 g/mol. The number of aryl methyl sites for hydroxylation is 1. The number of fused-ring (bicyclic) bond motifs is 3. The van der Waals surface area contributed by atoms with Gasteiger partial charge in [0.15, 0.2) is 0 Å². The number of nitrogens with zero attached hydrogens (tertiary/aromatic N) is 1. The summed E-state index contributed by atoms with van der Waals surface area (Å²) in [7, 11) is -3.33. The number of para-hydroxylation sites is 2. The molecule has 170 valence electrons. The molecule has 1 N–H and O–H groups in total. The van der Waals surface area contributed by atoms with E-state index in [9.17, 15) is 13.2 Å². The van der Waals surface area contributed by atoms with Gasteiger partial charge in [0.1, 0.15) is 11.5 Å². The first-order chi connectivity index (χ1) is 16.0. The average Bonchev–Trinajstić information content (AvgIpc) is 2.81. The van der Waals surface area contributed by atoms with Crippen LogP contribution in [0.3, 0.4) is 0 Å². The topological polar surface area (TPSA) is 75.7 Å². The summed E-state index contributed by atoms with van der Waals surface area (Å²) in [6.07, 6.45) is 2.12. The first-order valence-corrected chi connectivity index (χ1v) is 12.9. The zero-order chi connectivity index (χ0) is 23.0. The molecule has 0 aliphatic carbocycles. The Morgan fingerprint density at radius 2 is 1.70 bits per heavy atom. The number of rotatable bonds is 5. The van der Waals surface area contributed by atoms with E-state index in [2.05, 4.69) is 5.32 Å². The largest absolute Gasteiger partial charge is 0.457 e. The molecule has 1 amide bonds. The highest BCUT2D eigenvalue weighted by atomic mass is 32.2. The SMILES string of the molecule is CCCS(=O)(=O)N1CCCc2cc(NC(=O)C3c4ccccc4Oc4ccccc43)ccc21. The van der Waals surface area contributed by atoms with Crippen molar-refractivity contribution in [3.05, 3.63) is 83.4 Å². The molecule has 5 rings (SSSR count). The van der Waals surface area contributed by atoms with Gasteiger partial charge in [-0.15, -0.1) is 0 Å². The van der Waals surface area contributed by atoms with Gasteiger partial charge < -0.3 is 10.1 Å². The molecular formula is C26H26N2O4S. The zero-order valence-electron chi connectivity index (χ0n) is 18.5. The highest BCUT2D eigenvalue weighted by molar-refractivity contribution is 7.92. The van der Waals surface area contributed by atoms with Crippen LogP contribution in [0.25, 0.3) is 0 Å². The van der Waals surface area contributed by atoms with Crippen molar-refractivity contribution in [3.63, 3.8) is 0 Å². The van der Waals surface area contributed by atoms with Crippen LogP contribution in [0.2, 0.25) is 0 Å². The van der Waals surface area contributed by atoms with Gasteiger partial charge in [-0.25, -0.2) is 8.42 Å². The minimum absolute atomic E-state index is 0.132. The van der Waals surface area contributed by atoms with Crippen LogP contribution in [-0.4, -0.2) is 26.6 Å². The second-order valence-electron chi connectivity index (χ2n) is 8.44. The van der Waals surface area contributed by atoms with Crippen LogP contribution >= 0.6 is 0 Å². The Hall–Kier alpha value is -3.32. The number of hydrogen-bond acceptors (Lipinski definition) is 4. The molecule has 0 saturated heterocycles. The molecule has 3 aromatic rings. The first-order valence-electron chi connectivity index (χ1n) is 11.3. The van der Waals surface area contributed by atoms with Crippen molar-refractivity contribution in [2.24, 2.45) is 0 Å². The fourth-order valence-electron chi connectivity index (χ4n) is 4.70. The fourth-order valence-corrected chi connectivity index (χ4v) is 6.33. The molecule has 2 heterocycles. The number of amides is 1. The van der Waals surface area contributed by atoms with Gasteiger partial charge in [0.25, 0.3) is 0 Å². The maximum atomic E-state index is 13.5. The van der Waals surface area contributed by atoms with Crippen molar-refractivity contribution < 1.29 is 17.9 Å². The Labute approximate surface area is 194 Å². The number of carbonyl (C=O) groups excluding carboxylic acids is 1. The fraction of sp³-hybridized carbons (Fsp3) is 0.269. The Bertz CT molecular complexity index is 1270. The number of sulfonamides is 1. The van der Waals surface area contributed by atoms with Gasteiger partial charge in [-0.05, 0) is 55.2 Å². The van der Waals surface area contributed by atoms with E-state index in [1.165, 1.54) is 4.31 Å². The Morgan fingerprint density at radius 3 is 2.36 bits per heavy atom. The molecule has 0 unspecified atom stereocenters.